The van der Waals surface area contributed by atoms with Crippen molar-refractivity contribution < 1.29 is 9.72 Å². The number of piperazine rings is 1. The molecule has 1 aromatic heterocycles. The van der Waals surface area contributed by atoms with Gasteiger partial charge in [-0.15, -0.1) is 0 Å². The summed E-state index contributed by atoms with van der Waals surface area (Å²) < 4.78 is 0. The largest absolute Gasteiger partial charge is 0.347 e. The van der Waals surface area contributed by atoms with E-state index in [1.54, 1.807) is 17.2 Å². The van der Waals surface area contributed by atoms with E-state index in [-0.39, 0.29) is 11.6 Å². The molecule has 0 bridgehead atoms. The van der Waals surface area contributed by atoms with Gasteiger partial charge in [-0.05, 0) is 6.07 Å². The molecule has 1 fully saturated rings. The number of aromatic nitrogens is 1. The van der Waals surface area contributed by atoms with Gasteiger partial charge in [0.2, 0.25) is 11.7 Å². The maximum Gasteiger partial charge on any atom is 0.311 e. The SMILES string of the molecule is CCC(=O)N1CCN(c2ncccc2[N+](=O)[O-])CC1. The molecule has 0 radical (unpaired) electrons. The van der Waals surface area contributed by atoms with Gasteiger partial charge in [0.15, 0.2) is 0 Å². The molecule has 0 saturated carbocycles. The molecule has 0 aromatic carbocycles. The van der Waals surface area contributed by atoms with E-state index in [0.717, 1.165) is 0 Å². The zero-order valence-electron chi connectivity index (χ0n) is 10.8. The molecule has 2 rings (SSSR count). The normalized spacial score (nSPS) is 15.4. The lowest BCUT2D eigenvalue weighted by molar-refractivity contribution is -0.384. The predicted octanol–water partition coefficient (Wildman–Crippen LogP) is 1.05. The summed E-state index contributed by atoms with van der Waals surface area (Å²) in [6, 6.07) is 3.00. The highest BCUT2D eigenvalue weighted by Gasteiger charge is 2.25. The van der Waals surface area contributed by atoms with Crippen LogP contribution >= 0.6 is 0 Å². The van der Waals surface area contributed by atoms with Crippen molar-refractivity contribution in [3.8, 4) is 0 Å². The lowest BCUT2D eigenvalue weighted by Gasteiger charge is -2.34. The first-order valence-corrected chi connectivity index (χ1v) is 6.25. The second-order valence-electron chi connectivity index (χ2n) is 4.32. The van der Waals surface area contributed by atoms with Crippen LogP contribution in [0.5, 0.6) is 0 Å². The Morgan fingerprint density at radius 2 is 2.11 bits per heavy atom. The summed E-state index contributed by atoms with van der Waals surface area (Å²) in [5.74, 6) is 0.506. The first-order chi connectivity index (χ1) is 9.13. The highest BCUT2D eigenvalue weighted by atomic mass is 16.6. The molecule has 0 atom stereocenters. The van der Waals surface area contributed by atoms with E-state index in [4.69, 9.17) is 0 Å². The van der Waals surface area contributed by atoms with Crippen molar-refractivity contribution in [3.05, 3.63) is 28.4 Å². The van der Waals surface area contributed by atoms with Crippen molar-refractivity contribution in [1.82, 2.24) is 9.88 Å². The van der Waals surface area contributed by atoms with Gasteiger partial charge in [-0.3, -0.25) is 14.9 Å². The number of nitro groups is 1. The molecular formula is C12H16N4O3. The molecule has 2 heterocycles. The Labute approximate surface area is 111 Å². The molecule has 0 spiro atoms. The van der Waals surface area contributed by atoms with Crippen LogP contribution in [0.3, 0.4) is 0 Å². The number of carbonyl (C=O) groups is 1. The fourth-order valence-electron chi connectivity index (χ4n) is 2.17. The van der Waals surface area contributed by atoms with Crippen molar-refractivity contribution in [2.75, 3.05) is 31.1 Å². The average molecular weight is 264 g/mol. The maximum atomic E-state index is 11.6. The summed E-state index contributed by atoms with van der Waals surface area (Å²) in [7, 11) is 0. The lowest BCUT2D eigenvalue weighted by Crippen LogP contribution is -2.49. The van der Waals surface area contributed by atoms with Gasteiger partial charge in [-0.2, -0.15) is 0 Å². The van der Waals surface area contributed by atoms with Crippen LogP contribution in [0.15, 0.2) is 18.3 Å². The van der Waals surface area contributed by atoms with Crippen molar-refractivity contribution in [1.29, 1.82) is 0 Å². The molecule has 1 saturated heterocycles. The summed E-state index contributed by atoms with van der Waals surface area (Å²) in [5.41, 5.74) is 0.0118. The van der Waals surface area contributed by atoms with Crippen LogP contribution in [0.25, 0.3) is 0 Å². The van der Waals surface area contributed by atoms with Crippen LogP contribution in [0.2, 0.25) is 0 Å². The van der Waals surface area contributed by atoms with E-state index in [2.05, 4.69) is 4.98 Å². The molecule has 1 amide bonds. The monoisotopic (exact) mass is 264 g/mol. The Kier molecular flexibility index (Phi) is 3.94. The maximum absolute atomic E-state index is 11.6. The minimum atomic E-state index is -0.425. The molecule has 0 aliphatic carbocycles. The number of pyridine rings is 1. The third-order valence-corrected chi connectivity index (χ3v) is 3.20. The van der Waals surface area contributed by atoms with Crippen LogP contribution in [0.4, 0.5) is 11.5 Å². The van der Waals surface area contributed by atoms with Crippen molar-refractivity contribution >= 4 is 17.4 Å². The second-order valence-corrected chi connectivity index (χ2v) is 4.32. The van der Waals surface area contributed by atoms with E-state index in [0.29, 0.717) is 38.4 Å². The van der Waals surface area contributed by atoms with Crippen LogP contribution in [0, 0.1) is 10.1 Å². The number of carbonyl (C=O) groups excluding carboxylic acids is 1. The van der Waals surface area contributed by atoms with E-state index < -0.39 is 4.92 Å². The number of amides is 1. The Morgan fingerprint density at radius 3 is 2.68 bits per heavy atom. The smallest absolute Gasteiger partial charge is 0.311 e. The molecular weight excluding hydrogens is 248 g/mol. The van der Waals surface area contributed by atoms with Crippen LogP contribution < -0.4 is 4.90 Å². The van der Waals surface area contributed by atoms with Gasteiger partial charge in [-0.25, -0.2) is 4.98 Å². The number of hydrogen-bond acceptors (Lipinski definition) is 5. The molecule has 102 valence electrons. The van der Waals surface area contributed by atoms with Gasteiger partial charge >= 0.3 is 5.69 Å². The quantitative estimate of drug-likeness (QED) is 0.602. The lowest BCUT2D eigenvalue weighted by atomic mass is 10.2. The molecule has 0 N–H and O–H groups in total. The molecule has 19 heavy (non-hydrogen) atoms. The zero-order valence-corrected chi connectivity index (χ0v) is 10.8. The Hall–Kier alpha value is -2.18. The van der Waals surface area contributed by atoms with E-state index in [9.17, 15) is 14.9 Å². The molecule has 0 unspecified atom stereocenters. The summed E-state index contributed by atoms with van der Waals surface area (Å²) in [4.78, 5) is 29.8. The van der Waals surface area contributed by atoms with Gasteiger partial charge in [0.25, 0.3) is 0 Å². The molecule has 7 nitrogen and oxygen atoms in total. The number of anilines is 1. The third-order valence-electron chi connectivity index (χ3n) is 3.20. The highest BCUT2D eigenvalue weighted by molar-refractivity contribution is 5.76. The van der Waals surface area contributed by atoms with Crippen molar-refractivity contribution in [2.24, 2.45) is 0 Å². The first kappa shape index (κ1) is 13.3. The number of hydrogen-bond donors (Lipinski definition) is 0. The molecule has 1 aliphatic heterocycles. The van der Waals surface area contributed by atoms with Crippen molar-refractivity contribution in [2.45, 2.75) is 13.3 Å². The highest BCUT2D eigenvalue weighted by Crippen LogP contribution is 2.25. The Bertz CT molecular complexity index is 484. The Morgan fingerprint density at radius 1 is 1.42 bits per heavy atom. The van der Waals surface area contributed by atoms with E-state index in [1.807, 2.05) is 11.8 Å². The van der Waals surface area contributed by atoms with Gasteiger partial charge in [0.05, 0.1) is 4.92 Å². The Balaban J connectivity index is 2.10. The van der Waals surface area contributed by atoms with Crippen LogP contribution in [-0.4, -0.2) is 46.9 Å². The fourth-order valence-corrected chi connectivity index (χ4v) is 2.17. The first-order valence-electron chi connectivity index (χ1n) is 6.25. The number of nitrogens with zero attached hydrogens (tertiary/aromatic N) is 4. The van der Waals surface area contributed by atoms with Gasteiger partial charge in [-0.1, -0.05) is 6.92 Å². The van der Waals surface area contributed by atoms with Crippen LogP contribution in [-0.2, 0) is 4.79 Å². The zero-order chi connectivity index (χ0) is 13.8. The van der Waals surface area contributed by atoms with Gasteiger partial charge in [0.1, 0.15) is 0 Å². The predicted molar refractivity (Wildman–Crippen MR) is 70.0 cm³/mol. The summed E-state index contributed by atoms with van der Waals surface area (Å²) in [6.07, 6.45) is 2.04. The van der Waals surface area contributed by atoms with Crippen molar-refractivity contribution in [3.63, 3.8) is 0 Å². The van der Waals surface area contributed by atoms with E-state index in [1.165, 1.54) is 6.07 Å². The third kappa shape index (κ3) is 2.81. The average Bonchev–Trinajstić information content (AvgIpc) is 2.46. The topological polar surface area (TPSA) is 79.6 Å². The summed E-state index contributed by atoms with van der Waals surface area (Å²) in [5, 5.41) is 11.0. The minimum absolute atomic E-state index is 0.0118. The minimum Gasteiger partial charge on any atom is -0.347 e. The van der Waals surface area contributed by atoms with Gasteiger partial charge in [0, 0.05) is 44.9 Å². The summed E-state index contributed by atoms with van der Waals surface area (Å²) in [6.45, 7) is 4.15. The fraction of sp³-hybridized carbons (Fsp3) is 0.500. The van der Waals surface area contributed by atoms with Crippen LogP contribution in [0.1, 0.15) is 13.3 Å². The standard InChI is InChI=1S/C12H16N4O3/c1-2-11(17)14-6-8-15(9-7-14)12-10(16(18)19)4-3-5-13-12/h3-5H,2,6-9H2,1H3. The van der Waals surface area contributed by atoms with Gasteiger partial charge < -0.3 is 9.80 Å². The summed E-state index contributed by atoms with van der Waals surface area (Å²) >= 11 is 0. The molecule has 1 aromatic rings. The number of rotatable bonds is 3. The second kappa shape index (κ2) is 5.64. The molecule has 1 aliphatic rings. The van der Waals surface area contributed by atoms with E-state index >= 15 is 0 Å². The molecule has 7 heteroatoms.